The van der Waals surface area contributed by atoms with Gasteiger partial charge in [-0.1, -0.05) is 11.6 Å². The molecule has 0 aliphatic carbocycles. The molecule has 0 fully saturated rings. The average Bonchev–Trinajstić information content (AvgIpc) is 2.81. The Morgan fingerprint density at radius 3 is 2.79 bits per heavy atom. The lowest BCUT2D eigenvalue weighted by atomic mass is 10.0. The highest BCUT2D eigenvalue weighted by Gasteiger charge is 2.37. The lowest BCUT2D eigenvalue weighted by molar-refractivity contribution is -0.122. The zero-order valence-electron chi connectivity index (χ0n) is 15.3. The van der Waals surface area contributed by atoms with Gasteiger partial charge in [-0.15, -0.1) is 0 Å². The van der Waals surface area contributed by atoms with Gasteiger partial charge in [-0.05, 0) is 50.1 Å². The summed E-state index contributed by atoms with van der Waals surface area (Å²) in [5.41, 5.74) is 2.04. The largest absolute Gasteiger partial charge is 0.493 e. The Hall–Kier alpha value is -3.22. The second-order valence-corrected chi connectivity index (χ2v) is 7.04. The quantitative estimate of drug-likeness (QED) is 0.829. The molecule has 0 saturated carbocycles. The highest BCUT2D eigenvalue weighted by molar-refractivity contribution is 6.22. The van der Waals surface area contributed by atoms with E-state index in [9.17, 15) is 18.8 Å². The van der Waals surface area contributed by atoms with Crippen LogP contribution in [0.1, 0.15) is 50.7 Å². The predicted octanol–water partition coefficient (Wildman–Crippen LogP) is 2.76. The summed E-state index contributed by atoms with van der Waals surface area (Å²) in [6.07, 6.45) is 1.26. The van der Waals surface area contributed by atoms with Crippen molar-refractivity contribution in [1.82, 2.24) is 10.2 Å². The van der Waals surface area contributed by atoms with E-state index in [1.165, 1.54) is 12.1 Å². The number of benzene rings is 2. The summed E-state index contributed by atoms with van der Waals surface area (Å²) in [6, 6.07) is 8.75. The molecule has 4 rings (SSSR count). The van der Waals surface area contributed by atoms with Crippen LogP contribution in [0.5, 0.6) is 5.75 Å². The van der Waals surface area contributed by atoms with Crippen LogP contribution in [0.15, 0.2) is 36.4 Å². The molecular weight excluding hydrogens is 363 g/mol. The van der Waals surface area contributed by atoms with Crippen LogP contribution in [-0.2, 0) is 4.79 Å². The van der Waals surface area contributed by atoms with Gasteiger partial charge in [-0.25, -0.2) is 4.39 Å². The number of aryl methyl sites for hydroxylation is 1. The monoisotopic (exact) mass is 382 g/mol. The third-order valence-electron chi connectivity index (χ3n) is 5.01. The van der Waals surface area contributed by atoms with Crippen molar-refractivity contribution in [1.29, 1.82) is 0 Å². The molecule has 7 heteroatoms. The van der Waals surface area contributed by atoms with Crippen LogP contribution in [-0.4, -0.2) is 35.8 Å². The molecule has 0 spiro atoms. The van der Waals surface area contributed by atoms with Gasteiger partial charge in [0.25, 0.3) is 11.8 Å². The first-order valence-electron chi connectivity index (χ1n) is 9.12. The molecule has 2 aromatic carbocycles. The summed E-state index contributed by atoms with van der Waals surface area (Å²) >= 11 is 0. The van der Waals surface area contributed by atoms with E-state index < -0.39 is 29.6 Å². The minimum atomic E-state index is -0.481. The van der Waals surface area contributed by atoms with E-state index in [4.69, 9.17) is 4.74 Å². The fourth-order valence-corrected chi connectivity index (χ4v) is 3.63. The SMILES string of the molecule is Cc1ccc2c(c1)C(=O)N(CC(=O)N[C@H]1CCCOc3ccc(F)cc31)C2=O. The van der Waals surface area contributed by atoms with Crippen LogP contribution in [0.25, 0.3) is 0 Å². The number of carbonyl (C=O) groups excluding carboxylic acids is 3. The highest BCUT2D eigenvalue weighted by atomic mass is 19.1. The number of ether oxygens (including phenoxy) is 1. The molecule has 2 aromatic rings. The summed E-state index contributed by atoms with van der Waals surface area (Å²) in [6.45, 7) is 1.92. The number of carbonyl (C=O) groups is 3. The van der Waals surface area contributed by atoms with Gasteiger partial charge in [0.2, 0.25) is 5.91 Å². The van der Waals surface area contributed by atoms with Crippen molar-refractivity contribution in [3.8, 4) is 5.75 Å². The number of imide groups is 1. The standard InChI is InChI=1S/C21H19FN2O4/c1-12-4-6-14-15(9-12)21(27)24(20(14)26)11-19(25)23-17-3-2-8-28-18-7-5-13(22)10-16(17)18/h4-7,9-10,17H,2-3,8,11H2,1H3,(H,23,25)/t17-/m0/s1. The van der Waals surface area contributed by atoms with Crippen molar-refractivity contribution in [3.63, 3.8) is 0 Å². The Balaban J connectivity index is 1.51. The fourth-order valence-electron chi connectivity index (χ4n) is 3.63. The molecule has 3 amide bonds. The Morgan fingerprint density at radius 1 is 1.18 bits per heavy atom. The maximum absolute atomic E-state index is 13.7. The van der Waals surface area contributed by atoms with E-state index >= 15 is 0 Å². The second kappa shape index (κ2) is 7.07. The topological polar surface area (TPSA) is 75.7 Å². The Bertz CT molecular complexity index is 988. The molecule has 0 saturated heterocycles. The van der Waals surface area contributed by atoms with Crippen molar-refractivity contribution in [2.24, 2.45) is 0 Å². The fraction of sp³-hybridized carbons (Fsp3) is 0.286. The summed E-state index contributed by atoms with van der Waals surface area (Å²) in [7, 11) is 0. The maximum Gasteiger partial charge on any atom is 0.262 e. The zero-order valence-corrected chi connectivity index (χ0v) is 15.3. The van der Waals surface area contributed by atoms with Crippen LogP contribution in [0.3, 0.4) is 0 Å². The molecule has 1 atom stereocenters. The molecule has 144 valence electrons. The highest BCUT2D eigenvalue weighted by Crippen LogP contribution is 2.32. The van der Waals surface area contributed by atoms with E-state index in [1.807, 2.05) is 6.92 Å². The van der Waals surface area contributed by atoms with Crippen molar-refractivity contribution >= 4 is 17.7 Å². The molecule has 0 aromatic heterocycles. The minimum Gasteiger partial charge on any atom is -0.493 e. The maximum atomic E-state index is 13.7. The minimum absolute atomic E-state index is 0.304. The third-order valence-corrected chi connectivity index (χ3v) is 5.01. The van der Waals surface area contributed by atoms with Gasteiger partial charge in [-0.3, -0.25) is 19.3 Å². The number of hydrogen-bond donors (Lipinski definition) is 1. The van der Waals surface area contributed by atoms with Crippen molar-refractivity contribution in [3.05, 3.63) is 64.5 Å². The second-order valence-electron chi connectivity index (χ2n) is 7.04. The van der Waals surface area contributed by atoms with E-state index in [2.05, 4.69) is 5.32 Å². The van der Waals surface area contributed by atoms with E-state index in [0.29, 0.717) is 41.9 Å². The van der Waals surface area contributed by atoms with Crippen LogP contribution >= 0.6 is 0 Å². The average molecular weight is 382 g/mol. The smallest absolute Gasteiger partial charge is 0.262 e. The van der Waals surface area contributed by atoms with Gasteiger partial charge in [-0.2, -0.15) is 0 Å². The molecule has 0 radical (unpaired) electrons. The molecule has 2 aliphatic heterocycles. The molecule has 0 bridgehead atoms. The van der Waals surface area contributed by atoms with Gasteiger partial charge >= 0.3 is 0 Å². The first-order chi connectivity index (χ1) is 13.4. The van der Waals surface area contributed by atoms with Crippen molar-refractivity contribution in [2.75, 3.05) is 13.2 Å². The van der Waals surface area contributed by atoms with Gasteiger partial charge < -0.3 is 10.1 Å². The Kier molecular flexibility index (Phi) is 4.58. The number of rotatable bonds is 3. The summed E-state index contributed by atoms with van der Waals surface area (Å²) in [5.74, 6) is -1.33. The molecular formula is C21H19FN2O4. The first kappa shape index (κ1) is 18.2. The van der Waals surface area contributed by atoms with E-state index in [-0.39, 0.29) is 6.54 Å². The molecule has 6 nitrogen and oxygen atoms in total. The van der Waals surface area contributed by atoms with Gasteiger partial charge in [0.05, 0.1) is 23.8 Å². The number of nitrogens with one attached hydrogen (secondary N) is 1. The lowest BCUT2D eigenvalue weighted by Crippen LogP contribution is -2.41. The number of nitrogens with zero attached hydrogens (tertiary/aromatic N) is 1. The Morgan fingerprint density at radius 2 is 1.96 bits per heavy atom. The molecule has 0 unspecified atom stereocenters. The van der Waals surface area contributed by atoms with Crippen LogP contribution in [0.4, 0.5) is 4.39 Å². The zero-order chi connectivity index (χ0) is 19.8. The van der Waals surface area contributed by atoms with E-state index in [1.54, 1.807) is 24.3 Å². The van der Waals surface area contributed by atoms with Gasteiger partial charge in [0.15, 0.2) is 0 Å². The molecule has 1 N–H and O–H groups in total. The predicted molar refractivity (Wildman–Crippen MR) is 98.6 cm³/mol. The summed E-state index contributed by atoms with van der Waals surface area (Å²) < 4.78 is 19.3. The van der Waals surface area contributed by atoms with Crippen molar-refractivity contribution in [2.45, 2.75) is 25.8 Å². The van der Waals surface area contributed by atoms with Crippen LogP contribution in [0.2, 0.25) is 0 Å². The third kappa shape index (κ3) is 3.24. The van der Waals surface area contributed by atoms with Crippen LogP contribution < -0.4 is 10.1 Å². The van der Waals surface area contributed by atoms with Crippen molar-refractivity contribution < 1.29 is 23.5 Å². The molecule has 2 heterocycles. The van der Waals surface area contributed by atoms with Gasteiger partial charge in [0.1, 0.15) is 18.1 Å². The van der Waals surface area contributed by atoms with Crippen LogP contribution in [0, 0.1) is 12.7 Å². The normalized spacial score (nSPS) is 18.2. The van der Waals surface area contributed by atoms with E-state index in [0.717, 1.165) is 10.5 Å². The number of hydrogen-bond acceptors (Lipinski definition) is 4. The lowest BCUT2D eigenvalue weighted by Gasteiger charge is -2.20. The number of halogens is 1. The Labute approximate surface area is 161 Å². The van der Waals surface area contributed by atoms with Gasteiger partial charge in [0, 0.05) is 5.56 Å². The first-order valence-corrected chi connectivity index (χ1v) is 9.12. The molecule has 2 aliphatic rings. The molecule has 28 heavy (non-hydrogen) atoms. The summed E-state index contributed by atoms with van der Waals surface area (Å²) in [4.78, 5) is 38.6. The summed E-state index contributed by atoms with van der Waals surface area (Å²) in [5, 5.41) is 2.82. The number of amides is 3. The number of fused-ring (bicyclic) bond motifs is 2.